The molecule has 2 rings (SSSR count). The quantitative estimate of drug-likeness (QED) is 0.866. The normalized spacial score (nSPS) is 12.2. The van der Waals surface area contributed by atoms with Crippen LogP contribution in [0.1, 0.15) is 17.2 Å². The van der Waals surface area contributed by atoms with Crippen molar-refractivity contribution < 1.29 is 9.50 Å². The summed E-state index contributed by atoms with van der Waals surface area (Å²) in [5, 5.41) is 13.0. The first-order chi connectivity index (χ1) is 8.65. The van der Waals surface area contributed by atoms with Crippen molar-refractivity contribution in [1.29, 1.82) is 0 Å². The van der Waals surface area contributed by atoms with Crippen LogP contribution in [0.5, 0.6) is 0 Å². The molecule has 0 saturated carbocycles. The van der Waals surface area contributed by atoms with Gasteiger partial charge in [0.2, 0.25) is 0 Å². The Morgan fingerprint density at radius 3 is 2.67 bits per heavy atom. The SMILES string of the molecule is Cc1cccc(C(O)CNc2cccc(F)c2)c1. The number of anilines is 1. The lowest BCUT2D eigenvalue weighted by Gasteiger charge is -2.13. The van der Waals surface area contributed by atoms with E-state index in [1.807, 2.05) is 31.2 Å². The van der Waals surface area contributed by atoms with Gasteiger partial charge in [-0.1, -0.05) is 35.9 Å². The average Bonchev–Trinajstić information content (AvgIpc) is 2.36. The van der Waals surface area contributed by atoms with Gasteiger partial charge < -0.3 is 10.4 Å². The van der Waals surface area contributed by atoms with Crippen molar-refractivity contribution in [2.45, 2.75) is 13.0 Å². The minimum atomic E-state index is -0.604. The van der Waals surface area contributed by atoms with Crippen molar-refractivity contribution in [1.82, 2.24) is 0 Å². The first-order valence-electron chi connectivity index (χ1n) is 5.89. The van der Waals surface area contributed by atoms with Crippen LogP contribution in [0.25, 0.3) is 0 Å². The van der Waals surface area contributed by atoms with Gasteiger partial charge in [0.05, 0.1) is 6.10 Å². The Balaban J connectivity index is 1.98. The van der Waals surface area contributed by atoms with Gasteiger partial charge in [0.1, 0.15) is 5.82 Å². The lowest BCUT2D eigenvalue weighted by molar-refractivity contribution is 0.191. The van der Waals surface area contributed by atoms with Gasteiger partial charge in [0, 0.05) is 12.2 Å². The van der Waals surface area contributed by atoms with E-state index in [0.717, 1.165) is 11.1 Å². The van der Waals surface area contributed by atoms with Crippen LogP contribution >= 0.6 is 0 Å². The van der Waals surface area contributed by atoms with Gasteiger partial charge in [0.15, 0.2) is 0 Å². The highest BCUT2D eigenvalue weighted by Crippen LogP contribution is 2.16. The molecule has 3 heteroatoms. The Hall–Kier alpha value is -1.87. The molecule has 2 aromatic carbocycles. The van der Waals surface area contributed by atoms with Crippen LogP contribution in [0.2, 0.25) is 0 Å². The predicted molar refractivity (Wildman–Crippen MR) is 71.0 cm³/mol. The van der Waals surface area contributed by atoms with E-state index in [1.54, 1.807) is 12.1 Å². The second-order valence-electron chi connectivity index (χ2n) is 4.32. The smallest absolute Gasteiger partial charge is 0.125 e. The predicted octanol–water partition coefficient (Wildman–Crippen LogP) is 3.28. The number of aryl methyl sites for hydroxylation is 1. The van der Waals surface area contributed by atoms with E-state index in [0.29, 0.717) is 12.2 Å². The molecule has 1 atom stereocenters. The highest BCUT2D eigenvalue weighted by molar-refractivity contribution is 5.43. The molecule has 0 radical (unpaired) electrons. The second-order valence-corrected chi connectivity index (χ2v) is 4.32. The number of hydrogen-bond acceptors (Lipinski definition) is 2. The summed E-state index contributed by atoms with van der Waals surface area (Å²) in [4.78, 5) is 0. The summed E-state index contributed by atoms with van der Waals surface area (Å²) in [6, 6.07) is 13.9. The summed E-state index contributed by atoms with van der Waals surface area (Å²) in [5.74, 6) is -0.287. The van der Waals surface area contributed by atoms with Gasteiger partial charge in [-0.3, -0.25) is 0 Å². The third-order valence-electron chi connectivity index (χ3n) is 2.75. The zero-order valence-electron chi connectivity index (χ0n) is 10.2. The standard InChI is InChI=1S/C15H16FNO/c1-11-4-2-5-12(8-11)15(18)10-17-14-7-3-6-13(16)9-14/h2-9,15,17-18H,10H2,1H3. The maximum atomic E-state index is 13.0. The Kier molecular flexibility index (Phi) is 3.95. The summed E-state index contributed by atoms with van der Waals surface area (Å²) >= 11 is 0. The third kappa shape index (κ3) is 3.31. The fourth-order valence-electron chi connectivity index (χ4n) is 1.81. The Morgan fingerprint density at radius 2 is 1.94 bits per heavy atom. The van der Waals surface area contributed by atoms with Crippen molar-refractivity contribution in [2.75, 3.05) is 11.9 Å². The summed E-state index contributed by atoms with van der Waals surface area (Å²) < 4.78 is 13.0. The van der Waals surface area contributed by atoms with Crippen LogP contribution in [0.4, 0.5) is 10.1 Å². The van der Waals surface area contributed by atoms with Gasteiger partial charge in [0.25, 0.3) is 0 Å². The van der Waals surface area contributed by atoms with Crippen LogP contribution in [-0.4, -0.2) is 11.7 Å². The molecule has 0 spiro atoms. The van der Waals surface area contributed by atoms with E-state index in [4.69, 9.17) is 0 Å². The first-order valence-corrected chi connectivity index (χ1v) is 5.89. The van der Waals surface area contributed by atoms with Crippen LogP contribution in [0.15, 0.2) is 48.5 Å². The van der Waals surface area contributed by atoms with E-state index in [2.05, 4.69) is 5.32 Å². The van der Waals surface area contributed by atoms with E-state index in [9.17, 15) is 9.50 Å². The van der Waals surface area contributed by atoms with Crippen LogP contribution < -0.4 is 5.32 Å². The summed E-state index contributed by atoms with van der Waals surface area (Å²) in [6.07, 6.45) is -0.604. The topological polar surface area (TPSA) is 32.3 Å². The molecule has 0 aliphatic carbocycles. The van der Waals surface area contributed by atoms with Gasteiger partial charge in [-0.15, -0.1) is 0 Å². The highest BCUT2D eigenvalue weighted by atomic mass is 19.1. The van der Waals surface area contributed by atoms with Crippen molar-refractivity contribution in [3.05, 3.63) is 65.5 Å². The molecule has 94 valence electrons. The number of benzene rings is 2. The molecule has 2 aromatic rings. The lowest BCUT2D eigenvalue weighted by Crippen LogP contribution is -2.12. The van der Waals surface area contributed by atoms with Crippen LogP contribution in [0.3, 0.4) is 0 Å². The summed E-state index contributed by atoms with van der Waals surface area (Å²) in [5.41, 5.74) is 2.64. The van der Waals surface area contributed by atoms with Gasteiger partial charge in [-0.25, -0.2) is 4.39 Å². The zero-order valence-corrected chi connectivity index (χ0v) is 10.2. The molecular weight excluding hydrogens is 229 g/mol. The van der Waals surface area contributed by atoms with Crippen molar-refractivity contribution in [2.24, 2.45) is 0 Å². The number of hydrogen-bond donors (Lipinski definition) is 2. The average molecular weight is 245 g/mol. The van der Waals surface area contributed by atoms with E-state index in [1.165, 1.54) is 12.1 Å². The number of nitrogens with one attached hydrogen (secondary N) is 1. The van der Waals surface area contributed by atoms with E-state index in [-0.39, 0.29) is 5.82 Å². The van der Waals surface area contributed by atoms with E-state index < -0.39 is 6.10 Å². The molecule has 0 amide bonds. The number of aliphatic hydroxyl groups excluding tert-OH is 1. The van der Waals surface area contributed by atoms with Crippen molar-refractivity contribution in [3.8, 4) is 0 Å². The Morgan fingerprint density at radius 1 is 1.17 bits per heavy atom. The van der Waals surface area contributed by atoms with Crippen LogP contribution in [-0.2, 0) is 0 Å². The molecule has 2 nitrogen and oxygen atoms in total. The zero-order chi connectivity index (χ0) is 13.0. The molecule has 0 aliphatic rings. The highest BCUT2D eigenvalue weighted by Gasteiger charge is 2.07. The fraction of sp³-hybridized carbons (Fsp3) is 0.200. The minimum absolute atomic E-state index is 0.287. The van der Waals surface area contributed by atoms with Crippen molar-refractivity contribution in [3.63, 3.8) is 0 Å². The molecule has 18 heavy (non-hydrogen) atoms. The summed E-state index contributed by atoms with van der Waals surface area (Å²) in [6.45, 7) is 2.34. The molecule has 1 unspecified atom stereocenters. The fourth-order valence-corrected chi connectivity index (χ4v) is 1.81. The second kappa shape index (κ2) is 5.65. The third-order valence-corrected chi connectivity index (χ3v) is 2.75. The van der Waals surface area contributed by atoms with Crippen molar-refractivity contribution >= 4 is 5.69 Å². The number of halogens is 1. The summed E-state index contributed by atoms with van der Waals surface area (Å²) in [7, 11) is 0. The first kappa shape index (κ1) is 12.6. The Labute approximate surface area is 106 Å². The molecule has 2 N–H and O–H groups in total. The molecule has 0 heterocycles. The molecule has 0 aliphatic heterocycles. The largest absolute Gasteiger partial charge is 0.387 e. The molecule has 0 bridgehead atoms. The van der Waals surface area contributed by atoms with Gasteiger partial charge in [-0.05, 0) is 30.7 Å². The Bertz CT molecular complexity index is 527. The van der Waals surface area contributed by atoms with E-state index >= 15 is 0 Å². The minimum Gasteiger partial charge on any atom is -0.387 e. The lowest BCUT2D eigenvalue weighted by atomic mass is 10.1. The molecule has 0 fully saturated rings. The maximum absolute atomic E-state index is 13.0. The van der Waals surface area contributed by atoms with Gasteiger partial charge >= 0.3 is 0 Å². The number of rotatable bonds is 4. The van der Waals surface area contributed by atoms with Crippen LogP contribution in [0, 0.1) is 12.7 Å². The maximum Gasteiger partial charge on any atom is 0.125 e. The number of aliphatic hydroxyl groups is 1. The van der Waals surface area contributed by atoms with Gasteiger partial charge in [-0.2, -0.15) is 0 Å². The monoisotopic (exact) mass is 245 g/mol. The molecular formula is C15H16FNO. The molecule has 0 saturated heterocycles. The molecule has 0 aromatic heterocycles.